The van der Waals surface area contributed by atoms with Crippen molar-refractivity contribution < 1.29 is 0 Å². The summed E-state index contributed by atoms with van der Waals surface area (Å²) in [6.45, 7) is 1.42. The second-order valence-corrected chi connectivity index (χ2v) is 7.70. The van der Waals surface area contributed by atoms with Crippen LogP contribution in [0.4, 0.5) is 0 Å². The quantitative estimate of drug-likeness (QED) is 0.679. The second kappa shape index (κ2) is 4.13. The molecule has 0 aromatic rings. The first-order valence-corrected chi connectivity index (χ1v) is 8.13. The first-order chi connectivity index (χ1) is 8.29. The number of hydrogen-bond donors (Lipinski definition) is 0. The van der Waals surface area contributed by atoms with Crippen LogP contribution in [0, 0.1) is 17.8 Å². The van der Waals surface area contributed by atoms with Crippen LogP contribution in [0.1, 0.15) is 51.4 Å². The lowest BCUT2D eigenvalue weighted by Crippen LogP contribution is -2.46. The molecule has 96 valence electrons. The van der Waals surface area contributed by atoms with E-state index in [4.69, 9.17) is 11.6 Å². The van der Waals surface area contributed by atoms with Crippen molar-refractivity contribution >= 4 is 11.6 Å². The van der Waals surface area contributed by atoms with E-state index in [1.165, 1.54) is 45.1 Å². The molecular formula is C15H24ClN. The number of fused-ring (bicyclic) bond motifs is 4. The molecule has 0 spiro atoms. The minimum absolute atomic E-state index is 0.476. The highest BCUT2D eigenvalue weighted by atomic mass is 35.5. The Bertz CT molecular complexity index is 291. The summed E-state index contributed by atoms with van der Waals surface area (Å²) in [5.74, 6) is 3.24. The Hall–Kier alpha value is 0.250. The standard InChI is InChI=1S/C15H24ClN/c16-13-7-14-3-4-15(8-13)17(14)9-12-6-10-1-2-11(12)5-10/h10-15H,1-9H2. The number of piperidine rings is 1. The Balaban J connectivity index is 1.43. The first kappa shape index (κ1) is 11.1. The minimum atomic E-state index is 0.476. The van der Waals surface area contributed by atoms with Crippen molar-refractivity contribution in [3.05, 3.63) is 0 Å². The van der Waals surface area contributed by atoms with Gasteiger partial charge in [-0.1, -0.05) is 6.42 Å². The number of nitrogens with zero attached hydrogens (tertiary/aromatic N) is 1. The van der Waals surface area contributed by atoms with Gasteiger partial charge in [0.25, 0.3) is 0 Å². The van der Waals surface area contributed by atoms with E-state index in [1.54, 1.807) is 12.8 Å². The SMILES string of the molecule is ClC1CC2CCC(C1)N2CC1CC2CCC1C2. The molecule has 2 saturated heterocycles. The monoisotopic (exact) mass is 253 g/mol. The van der Waals surface area contributed by atoms with Gasteiger partial charge in [-0.3, -0.25) is 4.90 Å². The lowest BCUT2D eigenvalue weighted by Gasteiger charge is -2.40. The van der Waals surface area contributed by atoms with Crippen molar-refractivity contribution in [3.63, 3.8) is 0 Å². The molecule has 4 rings (SSSR count). The lowest BCUT2D eigenvalue weighted by molar-refractivity contribution is 0.102. The van der Waals surface area contributed by atoms with Gasteiger partial charge in [-0.25, -0.2) is 0 Å². The molecule has 0 N–H and O–H groups in total. The van der Waals surface area contributed by atoms with Crippen LogP contribution in [0.2, 0.25) is 0 Å². The average molecular weight is 254 g/mol. The fourth-order valence-corrected chi connectivity index (χ4v) is 5.79. The molecule has 0 aromatic heterocycles. The average Bonchev–Trinajstić information content (AvgIpc) is 2.95. The summed E-state index contributed by atoms with van der Waals surface area (Å²) in [5, 5.41) is 0.476. The smallest absolute Gasteiger partial charge is 0.0365 e. The summed E-state index contributed by atoms with van der Waals surface area (Å²) in [7, 11) is 0. The predicted molar refractivity (Wildman–Crippen MR) is 71.3 cm³/mol. The van der Waals surface area contributed by atoms with Crippen LogP contribution in [-0.2, 0) is 0 Å². The Labute approximate surface area is 110 Å². The number of rotatable bonds is 2. The first-order valence-electron chi connectivity index (χ1n) is 7.69. The number of alkyl halides is 1. The highest BCUT2D eigenvalue weighted by Crippen LogP contribution is 2.50. The van der Waals surface area contributed by atoms with Gasteiger partial charge in [0.15, 0.2) is 0 Å². The molecule has 17 heavy (non-hydrogen) atoms. The largest absolute Gasteiger partial charge is 0.297 e. The van der Waals surface area contributed by atoms with Crippen LogP contribution < -0.4 is 0 Å². The maximum Gasteiger partial charge on any atom is 0.0365 e. The van der Waals surface area contributed by atoms with E-state index < -0.39 is 0 Å². The summed E-state index contributed by atoms with van der Waals surface area (Å²) < 4.78 is 0. The molecule has 2 aliphatic carbocycles. The van der Waals surface area contributed by atoms with Crippen LogP contribution in [0.3, 0.4) is 0 Å². The molecule has 5 unspecified atom stereocenters. The molecule has 2 heteroatoms. The summed E-state index contributed by atoms with van der Waals surface area (Å²) in [4.78, 5) is 2.87. The molecule has 4 bridgehead atoms. The van der Waals surface area contributed by atoms with Gasteiger partial charge >= 0.3 is 0 Å². The summed E-state index contributed by atoms with van der Waals surface area (Å²) in [6.07, 6.45) is 11.6. The van der Waals surface area contributed by atoms with Crippen LogP contribution in [0.5, 0.6) is 0 Å². The van der Waals surface area contributed by atoms with E-state index in [9.17, 15) is 0 Å². The number of halogens is 1. The van der Waals surface area contributed by atoms with Crippen LogP contribution in [-0.4, -0.2) is 28.9 Å². The van der Waals surface area contributed by atoms with E-state index in [2.05, 4.69) is 4.90 Å². The molecule has 4 aliphatic rings. The highest BCUT2D eigenvalue weighted by molar-refractivity contribution is 6.20. The van der Waals surface area contributed by atoms with Gasteiger partial charge in [0.2, 0.25) is 0 Å². The second-order valence-electron chi connectivity index (χ2n) is 7.09. The maximum atomic E-state index is 6.36. The molecule has 5 atom stereocenters. The van der Waals surface area contributed by atoms with Crippen molar-refractivity contribution in [1.29, 1.82) is 0 Å². The Morgan fingerprint density at radius 2 is 1.65 bits per heavy atom. The molecule has 1 nitrogen and oxygen atoms in total. The Morgan fingerprint density at radius 3 is 2.24 bits per heavy atom. The third kappa shape index (κ3) is 1.85. The third-order valence-corrected chi connectivity index (χ3v) is 6.51. The van der Waals surface area contributed by atoms with E-state index in [0.29, 0.717) is 5.38 Å². The zero-order chi connectivity index (χ0) is 11.4. The molecule has 0 amide bonds. The van der Waals surface area contributed by atoms with Gasteiger partial charge in [0.05, 0.1) is 0 Å². The zero-order valence-corrected chi connectivity index (χ0v) is 11.4. The van der Waals surface area contributed by atoms with Gasteiger partial charge in [0.1, 0.15) is 0 Å². The van der Waals surface area contributed by atoms with Crippen LogP contribution >= 0.6 is 11.6 Å². The van der Waals surface area contributed by atoms with Crippen molar-refractivity contribution in [2.45, 2.75) is 68.8 Å². The fraction of sp³-hybridized carbons (Fsp3) is 1.00. The van der Waals surface area contributed by atoms with Crippen molar-refractivity contribution in [2.24, 2.45) is 17.8 Å². The molecule has 2 saturated carbocycles. The van der Waals surface area contributed by atoms with Gasteiger partial charge in [-0.05, 0) is 62.7 Å². The van der Waals surface area contributed by atoms with Gasteiger partial charge in [-0.2, -0.15) is 0 Å². The molecule has 0 aromatic carbocycles. The Kier molecular flexibility index (Phi) is 2.70. The van der Waals surface area contributed by atoms with Crippen molar-refractivity contribution in [2.75, 3.05) is 6.54 Å². The van der Waals surface area contributed by atoms with Crippen molar-refractivity contribution in [3.8, 4) is 0 Å². The zero-order valence-electron chi connectivity index (χ0n) is 10.7. The molecule has 2 heterocycles. The van der Waals surface area contributed by atoms with E-state index in [1.807, 2.05) is 0 Å². The van der Waals surface area contributed by atoms with Crippen LogP contribution in [0.25, 0.3) is 0 Å². The predicted octanol–water partition coefficient (Wildman–Crippen LogP) is 3.66. The highest BCUT2D eigenvalue weighted by Gasteiger charge is 2.45. The van der Waals surface area contributed by atoms with Gasteiger partial charge < -0.3 is 0 Å². The topological polar surface area (TPSA) is 3.24 Å². The third-order valence-electron chi connectivity index (χ3n) is 6.16. The van der Waals surface area contributed by atoms with Crippen LogP contribution in [0.15, 0.2) is 0 Å². The molecule has 4 fully saturated rings. The molecule has 2 aliphatic heterocycles. The van der Waals surface area contributed by atoms with E-state index in [0.717, 1.165) is 29.8 Å². The summed E-state index contributed by atoms with van der Waals surface area (Å²) in [6, 6.07) is 1.69. The van der Waals surface area contributed by atoms with E-state index in [-0.39, 0.29) is 0 Å². The lowest BCUT2D eigenvalue weighted by atomic mass is 9.87. The van der Waals surface area contributed by atoms with Crippen molar-refractivity contribution in [1.82, 2.24) is 4.90 Å². The molecule has 0 radical (unpaired) electrons. The molecular weight excluding hydrogens is 230 g/mol. The van der Waals surface area contributed by atoms with Gasteiger partial charge in [0, 0.05) is 24.0 Å². The van der Waals surface area contributed by atoms with E-state index >= 15 is 0 Å². The summed E-state index contributed by atoms with van der Waals surface area (Å²) >= 11 is 6.36. The minimum Gasteiger partial charge on any atom is -0.297 e. The number of hydrogen-bond acceptors (Lipinski definition) is 1. The Morgan fingerprint density at radius 1 is 0.882 bits per heavy atom. The fourth-order valence-electron chi connectivity index (χ4n) is 5.38. The maximum absolute atomic E-state index is 6.36. The van der Waals surface area contributed by atoms with Gasteiger partial charge in [-0.15, -0.1) is 11.6 Å². The normalized spacial score (nSPS) is 53.5. The summed E-state index contributed by atoms with van der Waals surface area (Å²) in [5.41, 5.74) is 0.